The Morgan fingerprint density at radius 2 is 1.88 bits per heavy atom. The number of rotatable bonds is 6. The van der Waals surface area contributed by atoms with Crippen molar-refractivity contribution in [1.29, 1.82) is 0 Å². The summed E-state index contributed by atoms with van der Waals surface area (Å²) in [5.41, 5.74) is 0.719. The molecule has 1 atom stereocenters. The van der Waals surface area contributed by atoms with Crippen molar-refractivity contribution in [3.63, 3.8) is 0 Å². The molecule has 5 rings (SSSR count). The highest BCUT2D eigenvalue weighted by Crippen LogP contribution is 2.40. The summed E-state index contributed by atoms with van der Waals surface area (Å²) in [5, 5.41) is 0.451. The first kappa shape index (κ1) is 29.4. The highest BCUT2D eigenvalue weighted by atomic mass is 32.2. The number of benzene rings is 2. The molecule has 0 aliphatic carbocycles. The molecule has 1 fully saturated rings. The van der Waals surface area contributed by atoms with E-state index >= 15 is 0 Å². The van der Waals surface area contributed by atoms with Gasteiger partial charge in [-0.25, -0.2) is 25.7 Å². The quantitative estimate of drug-likeness (QED) is 0.157. The first-order valence-corrected chi connectivity index (χ1v) is 14.5. The number of hydrogen-bond acceptors (Lipinski definition) is 7. The lowest BCUT2D eigenvalue weighted by Crippen LogP contribution is -2.57. The van der Waals surface area contributed by atoms with E-state index in [4.69, 9.17) is 16.3 Å². The summed E-state index contributed by atoms with van der Waals surface area (Å²) in [7, 11) is 0. The van der Waals surface area contributed by atoms with Crippen LogP contribution in [0.4, 0.5) is 33.9 Å². The van der Waals surface area contributed by atoms with E-state index in [1.807, 2.05) is 41.5 Å². The minimum atomic E-state index is -4.85. The van der Waals surface area contributed by atoms with Crippen LogP contribution in [0.1, 0.15) is 22.4 Å². The van der Waals surface area contributed by atoms with E-state index in [2.05, 4.69) is 9.83 Å². The van der Waals surface area contributed by atoms with Gasteiger partial charge in [-0.2, -0.15) is 13.2 Å². The van der Waals surface area contributed by atoms with E-state index in [-0.39, 0.29) is 31.9 Å². The molecule has 1 aromatic heterocycles. The lowest BCUT2D eigenvalue weighted by Gasteiger charge is -2.41. The number of carbonyl (C=O) groups is 1. The lowest BCUT2D eigenvalue weighted by atomic mass is 10.0. The predicted octanol–water partition coefficient (Wildman–Crippen LogP) is 5.67. The molecule has 3 aromatic rings. The second kappa shape index (κ2) is 12.4. The van der Waals surface area contributed by atoms with Crippen LogP contribution in [0, 0.1) is 12.4 Å². The molecule has 2 aromatic carbocycles. The van der Waals surface area contributed by atoms with E-state index in [0.29, 0.717) is 42.7 Å². The minimum absolute atomic E-state index is 0.0577. The van der Waals surface area contributed by atoms with Crippen molar-refractivity contribution < 1.29 is 27.1 Å². The molecule has 220 valence electrons. The fourth-order valence-electron chi connectivity index (χ4n) is 5.36. The zero-order chi connectivity index (χ0) is 29.9. The van der Waals surface area contributed by atoms with Crippen LogP contribution in [0.25, 0.3) is 4.85 Å². The van der Waals surface area contributed by atoms with Crippen molar-refractivity contribution >= 4 is 29.4 Å². The van der Waals surface area contributed by atoms with Crippen molar-refractivity contribution in [2.75, 3.05) is 48.8 Å². The van der Waals surface area contributed by atoms with Crippen LogP contribution in [-0.2, 0) is 30.5 Å². The van der Waals surface area contributed by atoms with Crippen LogP contribution in [0.5, 0.6) is 0 Å². The molecule has 2 aliphatic heterocycles. The molecular weight excluding hydrogens is 572 g/mol. The van der Waals surface area contributed by atoms with Gasteiger partial charge in [-0.15, -0.1) is 0 Å². The molecule has 0 spiro atoms. The summed E-state index contributed by atoms with van der Waals surface area (Å²) in [6.45, 7) is 9.01. The van der Waals surface area contributed by atoms with Crippen LogP contribution >= 0.6 is 11.8 Å². The van der Waals surface area contributed by atoms with Gasteiger partial charge in [-0.3, -0.25) is 4.90 Å². The van der Waals surface area contributed by atoms with E-state index in [1.165, 1.54) is 28.8 Å². The Morgan fingerprint density at radius 3 is 2.60 bits per heavy atom. The number of anilines is 2. The standard InChI is InChI=1S/C29H28F4N6O2S/c1-34-15-20-16-38(13-14-39(20)28(40)41-18-19-7-4-3-5-8-19)26-21-11-12-37(17-23(21)35-27(36-26)42-2)24-10-6-9-22(30)25(24)29(31,32)33/h3-10,20H,11-18H2,2H3/t20-/m0/s1. The van der Waals surface area contributed by atoms with E-state index in [9.17, 15) is 22.4 Å². The summed E-state index contributed by atoms with van der Waals surface area (Å²) >= 11 is 1.31. The number of ether oxygens (including phenoxy) is 1. The van der Waals surface area contributed by atoms with E-state index < -0.39 is 29.7 Å². The molecule has 0 unspecified atom stereocenters. The van der Waals surface area contributed by atoms with Gasteiger partial charge in [0, 0.05) is 31.7 Å². The molecule has 1 amide bonds. The molecule has 2 aliphatic rings. The van der Waals surface area contributed by atoms with Gasteiger partial charge in [0.25, 0.3) is 0 Å². The van der Waals surface area contributed by atoms with Gasteiger partial charge in [0.15, 0.2) is 5.16 Å². The second-order valence-electron chi connectivity index (χ2n) is 9.94. The number of halogens is 4. The molecule has 0 bridgehead atoms. The number of nitrogens with zero attached hydrogens (tertiary/aromatic N) is 6. The van der Waals surface area contributed by atoms with Gasteiger partial charge < -0.3 is 19.4 Å². The van der Waals surface area contributed by atoms with E-state index in [1.54, 1.807) is 4.90 Å². The number of aromatic nitrogens is 2. The molecular formula is C29H28F4N6O2S. The molecule has 3 heterocycles. The summed E-state index contributed by atoms with van der Waals surface area (Å²) in [4.78, 5) is 30.9. The van der Waals surface area contributed by atoms with Crippen LogP contribution < -0.4 is 9.80 Å². The van der Waals surface area contributed by atoms with Crippen molar-refractivity contribution in [1.82, 2.24) is 14.9 Å². The number of hydrogen-bond donors (Lipinski definition) is 0. The van der Waals surface area contributed by atoms with Crippen LogP contribution in [0.15, 0.2) is 53.7 Å². The van der Waals surface area contributed by atoms with Crippen molar-refractivity contribution in [3.8, 4) is 0 Å². The van der Waals surface area contributed by atoms with Crippen molar-refractivity contribution in [2.24, 2.45) is 0 Å². The zero-order valence-electron chi connectivity index (χ0n) is 22.8. The smallest absolute Gasteiger partial charge is 0.421 e. The fourth-order valence-corrected chi connectivity index (χ4v) is 5.74. The van der Waals surface area contributed by atoms with Gasteiger partial charge >= 0.3 is 12.3 Å². The largest absolute Gasteiger partial charge is 0.445 e. The molecule has 42 heavy (non-hydrogen) atoms. The molecule has 1 saturated heterocycles. The first-order valence-electron chi connectivity index (χ1n) is 13.3. The third-order valence-electron chi connectivity index (χ3n) is 7.35. The number of thioether (sulfide) groups is 1. The maximum Gasteiger partial charge on any atom is 0.421 e. The van der Waals surface area contributed by atoms with Gasteiger partial charge in [0.05, 0.1) is 17.9 Å². The monoisotopic (exact) mass is 600 g/mol. The number of carbonyl (C=O) groups excluding carboxylic acids is 1. The normalized spacial score (nSPS) is 17.0. The average Bonchev–Trinajstić information content (AvgIpc) is 2.99. The van der Waals surface area contributed by atoms with Gasteiger partial charge in [-0.05, 0) is 30.4 Å². The summed E-state index contributed by atoms with van der Waals surface area (Å²) < 4.78 is 61.1. The fraction of sp³-hybridized carbons (Fsp3) is 0.379. The predicted molar refractivity (Wildman–Crippen MR) is 151 cm³/mol. The Morgan fingerprint density at radius 1 is 1.10 bits per heavy atom. The third kappa shape index (κ3) is 6.23. The van der Waals surface area contributed by atoms with E-state index in [0.717, 1.165) is 17.2 Å². The third-order valence-corrected chi connectivity index (χ3v) is 7.89. The molecule has 0 N–H and O–H groups in total. The van der Waals surface area contributed by atoms with Crippen LogP contribution in [-0.4, -0.2) is 66.0 Å². The maximum atomic E-state index is 14.3. The number of amides is 1. The first-order chi connectivity index (χ1) is 20.2. The van der Waals surface area contributed by atoms with Crippen molar-refractivity contribution in [2.45, 2.75) is 36.9 Å². The number of fused-ring (bicyclic) bond motifs is 1. The highest BCUT2D eigenvalue weighted by Gasteiger charge is 2.40. The summed E-state index contributed by atoms with van der Waals surface area (Å²) in [6, 6.07) is 12.3. The average molecular weight is 601 g/mol. The Labute approximate surface area is 245 Å². The summed E-state index contributed by atoms with van der Waals surface area (Å²) in [6.07, 6.45) is -3.18. The Kier molecular flexibility index (Phi) is 8.72. The number of piperazine rings is 1. The van der Waals surface area contributed by atoms with Gasteiger partial charge in [0.2, 0.25) is 6.54 Å². The Balaban J connectivity index is 1.37. The van der Waals surface area contributed by atoms with Gasteiger partial charge in [0.1, 0.15) is 29.8 Å². The topological polar surface area (TPSA) is 66.2 Å². The van der Waals surface area contributed by atoms with Crippen LogP contribution in [0.3, 0.4) is 0 Å². The Hall–Kier alpha value is -4.05. The zero-order valence-corrected chi connectivity index (χ0v) is 23.6. The highest BCUT2D eigenvalue weighted by molar-refractivity contribution is 7.98. The van der Waals surface area contributed by atoms with Gasteiger partial charge in [-0.1, -0.05) is 48.2 Å². The molecule has 8 nitrogen and oxygen atoms in total. The SMILES string of the molecule is [C-]#[N+]C[C@H]1CN(c2nc(SC)nc3c2CCN(c2cccc(F)c2C(F)(F)F)C3)CCN1C(=O)OCc1ccccc1. The second-order valence-corrected chi connectivity index (χ2v) is 10.7. The van der Waals surface area contributed by atoms with Crippen LogP contribution in [0.2, 0.25) is 0 Å². The lowest BCUT2D eigenvalue weighted by molar-refractivity contribution is -0.139. The molecule has 0 saturated carbocycles. The summed E-state index contributed by atoms with van der Waals surface area (Å²) in [5.74, 6) is -0.670. The number of alkyl halides is 3. The van der Waals surface area contributed by atoms with Crippen molar-refractivity contribution in [3.05, 3.63) is 88.1 Å². The minimum Gasteiger partial charge on any atom is -0.445 e. The molecule has 13 heteroatoms. The maximum absolute atomic E-state index is 14.3. The molecule has 0 radical (unpaired) electrons. The Bertz CT molecular complexity index is 1480.